The average Bonchev–Trinajstić information content (AvgIpc) is 2.37. The van der Waals surface area contributed by atoms with Crippen molar-refractivity contribution in [3.63, 3.8) is 0 Å². The number of nitrogens with one attached hydrogen (secondary N) is 1. The van der Waals surface area contributed by atoms with E-state index < -0.39 is 0 Å². The van der Waals surface area contributed by atoms with E-state index >= 15 is 0 Å². The summed E-state index contributed by atoms with van der Waals surface area (Å²) in [6.07, 6.45) is 0. The van der Waals surface area contributed by atoms with E-state index in [1.807, 2.05) is 12.1 Å². The van der Waals surface area contributed by atoms with Crippen molar-refractivity contribution in [2.75, 3.05) is 0 Å². The zero-order valence-corrected chi connectivity index (χ0v) is 13.5. The van der Waals surface area contributed by atoms with Crippen molar-refractivity contribution < 1.29 is 0 Å². The largest absolute Gasteiger partial charge is 0.306 e. The first kappa shape index (κ1) is 15.4. The van der Waals surface area contributed by atoms with Crippen LogP contribution in [0.15, 0.2) is 36.4 Å². The van der Waals surface area contributed by atoms with Crippen molar-refractivity contribution >= 4 is 23.2 Å². The standard InChI is InChI=1S/C17H19Cl2N/c1-11-4-7-16(12(2)8-11)13(3)20-10-14-5-6-15(18)9-17(14)19/h4-9,13,20H,10H2,1-3H3. The highest BCUT2D eigenvalue weighted by atomic mass is 35.5. The molecule has 2 rings (SSSR count). The van der Waals surface area contributed by atoms with E-state index in [0.29, 0.717) is 10.0 Å². The minimum absolute atomic E-state index is 0.280. The third-order valence-electron chi connectivity index (χ3n) is 3.51. The molecule has 0 saturated carbocycles. The number of rotatable bonds is 4. The maximum absolute atomic E-state index is 6.19. The molecular weight excluding hydrogens is 289 g/mol. The Morgan fingerprint density at radius 3 is 2.45 bits per heavy atom. The van der Waals surface area contributed by atoms with Gasteiger partial charge >= 0.3 is 0 Å². The Balaban J connectivity index is 2.06. The molecule has 0 aliphatic rings. The first-order valence-corrected chi connectivity index (χ1v) is 7.47. The summed E-state index contributed by atoms with van der Waals surface area (Å²) in [6, 6.07) is 12.4. The van der Waals surface area contributed by atoms with Gasteiger partial charge in [0.2, 0.25) is 0 Å². The lowest BCUT2D eigenvalue weighted by Crippen LogP contribution is -2.19. The average molecular weight is 308 g/mol. The predicted octanol–water partition coefficient (Wildman–Crippen LogP) is 5.46. The molecule has 0 spiro atoms. The van der Waals surface area contributed by atoms with E-state index in [-0.39, 0.29) is 6.04 Å². The van der Waals surface area contributed by atoms with Crippen LogP contribution in [0.2, 0.25) is 10.0 Å². The predicted molar refractivity (Wildman–Crippen MR) is 87.6 cm³/mol. The molecule has 2 aromatic carbocycles. The van der Waals surface area contributed by atoms with E-state index in [1.54, 1.807) is 6.07 Å². The van der Waals surface area contributed by atoms with Crippen LogP contribution in [0.1, 0.15) is 35.2 Å². The Bertz CT molecular complexity index is 608. The molecule has 1 N–H and O–H groups in total. The second kappa shape index (κ2) is 6.62. The molecule has 3 heteroatoms. The second-order valence-corrected chi connectivity index (χ2v) is 6.04. The van der Waals surface area contributed by atoms with Gasteiger partial charge in [0.05, 0.1) is 0 Å². The van der Waals surface area contributed by atoms with Crippen LogP contribution in [0.25, 0.3) is 0 Å². The lowest BCUT2D eigenvalue weighted by molar-refractivity contribution is 0.572. The van der Waals surface area contributed by atoms with Crippen LogP contribution in [0.3, 0.4) is 0 Å². The molecule has 0 aliphatic heterocycles. The fraction of sp³-hybridized carbons (Fsp3) is 0.294. The zero-order chi connectivity index (χ0) is 14.7. The van der Waals surface area contributed by atoms with Crippen molar-refractivity contribution in [2.45, 2.75) is 33.4 Å². The minimum atomic E-state index is 0.280. The summed E-state index contributed by atoms with van der Waals surface area (Å²) >= 11 is 12.1. The van der Waals surface area contributed by atoms with Crippen LogP contribution in [-0.2, 0) is 6.54 Å². The molecule has 0 saturated heterocycles. The van der Waals surface area contributed by atoms with E-state index in [9.17, 15) is 0 Å². The molecule has 0 aromatic heterocycles. The number of aryl methyl sites for hydroxylation is 2. The molecule has 0 aliphatic carbocycles. The molecule has 1 unspecified atom stereocenters. The normalized spacial score (nSPS) is 12.4. The third-order valence-corrected chi connectivity index (χ3v) is 4.09. The zero-order valence-electron chi connectivity index (χ0n) is 12.0. The molecule has 1 atom stereocenters. The van der Waals surface area contributed by atoms with E-state index in [2.05, 4.69) is 44.3 Å². The molecule has 0 amide bonds. The van der Waals surface area contributed by atoms with Crippen LogP contribution in [0.5, 0.6) is 0 Å². The number of benzene rings is 2. The van der Waals surface area contributed by atoms with Crippen molar-refractivity contribution in [1.82, 2.24) is 5.32 Å². The van der Waals surface area contributed by atoms with E-state index in [0.717, 1.165) is 12.1 Å². The van der Waals surface area contributed by atoms with E-state index in [1.165, 1.54) is 16.7 Å². The van der Waals surface area contributed by atoms with Crippen molar-refractivity contribution in [2.24, 2.45) is 0 Å². The van der Waals surface area contributed by atoms with Crippen molar-refractivity contribution in [3.8, 4) is 0 Å². The van der Waals surface area contributed by atoms with Gasteiger partial charge in [-0.2, -0.15) is 0 Å². The summed E-state index contributed by atoms with van der Waals surface area (Å²) in [4.78, 5) is 0. The Hall–Kier alpha value is -1.02. The summed E-state index contributed by atoms with van der Waals surface area (Å²) < 4.78 is 0. The van der Waals surface area contributed by atoms with Gasteiger partial charge in [0.15, 0.2) is 0 Å². The van der Waals surface area contributed by atoms with Crippen LogP contribution in [0.4, 0.5) is 0 Å². The lowest BCUT2D eigenvalue weighted by Gasteiger charge is -2.17. The summed E-state index contributed by atoms with van der Waals surface area (Å²) in [7, 11) is 0. The molecule has 0 fully saturated rings. The first-order chi connectivity index (χ1) is 9.47. The Kier molecular flexibility index (Phi) is 5.09. The molecule has 0 heterocycles. The number of hydrogen-bond acceptors (Lipinski definition) is 1. The Morgan fingerprint density at radius 1 is 1.05 bits per heavy atom. The van der Waals surface area contributed by atoms with Gasteiger partial charge in [-0.1, -0.05) is 53.0 Å². The fourth-order valence-corrected chi connectivity index (χ4v) is 2.82. The number of hydrogen-bond donors (Lipinski definition) is 1. The number of halogens is 2. The highest BCUT2D eigenvalue weighted by Gasteiger charge is 2.09. The molecule has 20 heavy (non-hydrogen) atoms. The fourth-order valence-electron chi connectivity index (χ4n) is 2.35. The second-order valence-electron chi connectivity index (χ2n) is 5.20. The molecule has 0 bridgehead atoms. The van der Waals surface area contributed by atoms with Crippen LogP contribution < -0.4 is 5.32 Å². The lowest BCUT2D eigenvalue weighted by atomic mass is 10.00. The van der Waals surface area contributed by atoms with Crippen molar-refractivity contribution in [3.05, 3.63) is 68.7 Å². The molecule has 2 aromatic rings. The van der Waals surface area contributed by atoms with Gasteiger partial charge in [-0.3, -0.25) is 0 Å². The minimum Gasteiger partial charge on any atom is -0.306 e. The van der Waals surface area contributed by atoms with Gasteiger partial charge < -0.3 is 5.32 Å². The first-order valence-electron chi connectivity index (χ1n) is 6.72. The monoisotopic (exact) mass is 307 g/mol. The molecule has 0 radical (unpaired) electrons. The van der Waals surface area contributed by atoms with Crippen LogP contribution >= 0.6 is 23.2 Å². The molecule has 1 nitrogen and oxygen atoms in total. The van der Waals surface area contributed by atoms with Gasteiger partial charge in [-0.25, -0.2) is 0 Å². The summed E-state index contributed by atoms with van der Waals surface area (Å²) in [5, 5.41) is 4.88. The molecular formula is C17H19Cl2N. The molecule has 106 valence electrons. The highest BCUT2D eigenvalue weighted by Crippen LogP contribution is 2.23. The summed E-state index contributed by atoms with van der Waals surface area (Å²) in [6.45, 7) is 7.16. The quantitative estimate of drug-likeness (QED) is 0.790. The van der Waals surface area contributed by atoms with E-state index in [4.69, 9.17) is 23.2 Å². The smallest absolute Gasteiger partial charge is 0.0465 e. The topological polar surface area (TPSA) is 12.0 Å². The van der Waals surface area contributed by atoms with Gasteiger partial charge in [0, 0.05) is 22.6 Å². The maximum atomic E-state index is 6.19. The van der Waals surface area contributed by atoms with Gasteiger partial charge in [-0.15, -0.1) is 0 Å². The van der Waals surface area contributed by atoms with Crippen molar-refractivity contribution in [1.29, 1.82) is 0 Å². The SMILES string of the molecule is Cc1ccc(C(C)NCc2ccc(Cl)cc2Cl)c(C)c1. The Labute approximate surface area is 130 Å². The Morgan fingerprint density at radius 2 is 1.80 bits per heavy atom. The highest BCUT2D eigenvalue weighted by molar-refractivity contribution is 6.35. The van der Waals surface area contributed by atoms with Gasteiger partial charge in [0.25, 0.3) is 0 Å². The van der Waals surface area contributed by atoms with Crippen LogP contribution in [-0.4, -0.2) is 0 Å². The third kappa shape index (κ3) is 3.76. The van der Waals surface area contributed by atoms with Gasteiger partial charge in [-0.05, 0) is 49.6 Å². The summed E-state index contributed by atoms with van der Waals surface area (Å²) in [5.74, 6) is 0. The van der Waals surface area contributed by atoms with Gasteiger partial charge in [0.1, 0.15) is 0 Å². The van der Waals surface area contributed by atoms with Crippen LogP contribution in [0, 0.1) is 13.8 Å². The summed E-state index contributed by atoms with van der Waals surface area (Å²) in [5.41, 5.74) is 4.99. The maximum Gasteiger partial charge on any atom is 0.0465 e.